The zero-order valence-corrected chi connectivity index (χ0v) is 26.9. The first kappa shape index (κ1) is 39.7. The third kappa shape index (κ3) is 18.9. The van der Waals surface area contributed by atoms with Gasteiger partial charge in [0.2, 0.25) is 0 Å². The molecule has 6 atom stereocenters. The van der Waals surface area contributed by atoms with E-state index >= 15 is 0 Å². The number of rotatable bonds is 25. The van der Waals surface area contributed by atoms with Gasteiger partial charge in [-0.1, -0.05) is 97.3 Å². The van der Waals surface area contributed by atoms with Crippen molar-refractivity contribution in [2.45, 2.75) is 160 Å². The summed E-state index contributed by atoms with van der Waals surface area (Å²) in [5.74, 6) is -1.99. The van der Waals surface area contributed by atoms with Crippen molar-refractivity contribution in [1.29, 1.82) is 0 Å². The Kier molecular flexibility index (Phi) is 21.3. The van der Waals surface area contributed by atoms with Crippen LogP contribution >= 0.6 is 0 Å². The Morgan fingerprint density at radius 3 is 1.70 bits per heavy atom. The van der Waals surface area contributed by atoms with Gasteiger partial charge in [0.05, 0.1) is 6.61 Å². The number of esters is 2. The molecule has 254 valence electrons. The van der Waals surface area contributed by atoms with Gasteiger partial charge < -0.3 is 34.3 Å². The highest BCUT2D eigenvalue weighted by Gasteiger charge is 2.46. The van der Waals surface area contributed by atoms with E-state index in [9.17, 15) is 33.3 Å². The summed E-state index contributed by atoms with van der Waals surface area (Å²) in [7, 11) is -4.58. The van der Waals surface area contributed by atoms with Crippen LogP contribution in [0.5, 0.6) is 0 Å². The molecule has 43 heavy (non-hydrogen) atoms. The second kappa shape index (κ2) is 23.1. The lowest BCUT2D eigenvalue weighted by molar-refractivity contribution is -0.297. The molecule has 1 fully saturated rings. The van der Waals surface area contributed by atoms with Crippen molar-refractivity contribution in [3.63, 3.8) is 0 Å². The average Bonchev–Trinajstić information content (AvgIpc) is 2.95. The normalized spacial score (nSPS) is 23.2. The third-order valence-electron chi connectivity index (χ3n) is 7.44. The van der Waals surface area contributed by atoms with E-state index in [2.05, 4.69) is 13.8 Å². The second-order valence-electron chi connectivity index (χ2n) is 11.5. The maximum Gasteiger partial charge on any atom is 0.306 e. The summed E-state index contributed by atoms with van der Waals surface area (Å²) in [5, 5.41) is 30.5. The van der Waals surface area contributed by atoms with Gasteiger partial charge in [-0.3, -0.25) is 14.1 Å². The molecule has 0 aromatic rings. The van der Waals surface area contributed by atoms with E-state index in [4.69, 9.17) is 23.5 Å². The first-order valence-corrected chi connectivity index (χ1v) is 17.7. The van der Waals surface area contributed by atoms with E-state index in [0.717, 1.165) is 51.4 Å². The Morgan fingerprint density at radius 2 is 1.19 bits per heavy atom. The molecule has 1 heterocycles. The van der Waals surface area contributed by atoms with Gasteiger partial charge in [-0.05, 0) is 12.8 Å². The molecule has 0 bridgehead atoms. The molecule has 12 nitrogen and oxygen atoms in total. The second-order valence-corrected chi connectivity index (χ2v) is 13.0. The maximum atomic E-state index is 12.5. The van der Waals surface area contributed by atoms with Crippen molar-refractivity contribution in [1.82, 2.24) is 0 Å². The summed E-state index contributed by atoms with van der Waals surface area (Å²) in [6.07, 6.45) is 6.54. The van der Waals surface area contributed by atoms with Crippen molar-refractivity contribution in [2.24, 2.45) is 0 Å². The lowest BCUT2D eigenvalue weighted by atomic mass is 10.00. The summed E-state index contributed by atoms with van der Waals surface area (Å²) in [5.41, 5.74) is 0. The van der Waals surface area contributed by atoms with Crippen LogP contribution in [0.1, 0.15) is 123 Å². The molecule has 0 aliphatic carbocycles. The molecular weight excluding hydrogens is 584 g/mol. The lowest BCUT2D eigenvalue weighted by Gasteiger charge is -2.40. The predicted octanol–water partition coefficient (Wildman–Crippen LogP) is 3.82. The van der Waals surface area contributed by atoms with Gasteiger partial charge >= 0.3 is 11.9 Å². The number of aliphatic hydroxyl groups excluding tert-OH is 3. The monoisotopic (exact) mass is 640 g/mol. The summed E-state index contributed by atoms with van der Waals surface area (Å²) < 4.78 is 53.3. The molecule has 1 aliphatic rings. The van der Waals surface area contributed by atoms with Crippen LogP contribution in [0.2, 0.25) is 0 Å². The molecule has 4 N–H and O–H groups in total. The molecule has 0 aromatic heterocycles. The molecular formula is C30H56O12S. The number of carbonyl (C=O) groups is 2. The van der Waals surface area contributed by atoms with Crippen LogP contribution in [0.4, 0.5) is 0 Å². The molecule has 0 saturated carbocycles. The number of aliphatic hydroxyl groups is 3. The first-order chi connectivity index (χ1) is 20.5. The molecule has 0 amide bonds. The molecule has 0 radical (unpaired) electrons. The molecule has 0 aromatic carbocycles. The van der Waals surface area contributed by atoms with Crippen LogP contribution in [0.3, 0.4) is 0 Å². The fourth-order valence-electron chi connectivity index (χ4n) is 4.85. The van der Waals surface area contributed by atoms with Gasteiger partial charge in [-0.15, -0.1) is 0 Å². The Balaban J connectivity index is 2.62. The molecule has 0 spiro atoms. The lowest BCUT2D eigenvalue weighted by Crippen LogP contribution is -2.60. The number of unbranched alkanes of at least 4 members (excludes halogenated alkanes) is 13. The summed E-state index contributed by atoms with van der Waals surface area (Å²) >= 11 is 0. The molecule has 1 saturated heterocycles. The Hall–Kier alpha value is -1.35. The number of hydrogen-bond donors (Lipinski definition) is 4. The van der Waals surface area contributed by atoms with E-state index < -0.39 is 71.2 Å². The largest absolute Gasteiger partial charge is 0.462 e. The van der Waals surface area contributed by atoms with Crippen molar-refractivity contribution in [3.05, 3.63) is 0 Å². The van der Waals surface area contributed by atoms with E-state index in [1.165, 1.54) is 32.1 Å². The van der Waals surface area contributed by atoms with Gasteiger partial charge in [-0.2, -0.15) is 8.42 Å². The highest BCUT2D eigenvalue weighted by molar-refractivity contribution is 7.85. The highest BCUT2D eigenvalue weighted by atomic mass is 32.2. The van der Waals surface area contributed by atoms with Gasteiger partial charge in [0, 0.05) is 12.8 Å². The summed E-state index contributed by atoms with van der Waals surface area (Å²) in [4.78, 5) is 24.9. The molecule has 1 rings (SSSR count). The van der Waals surface area contributed by atoms with Crippen molar-refractivity contribution < 1.29 is 56.8 Å². The fraction of sp³-hybridized carbons (Fsp3) is 0.933. The van der Waals surface area contributed by atoms with Crippen LogP contribution in [0.25, 0.3) is 0 Å². The fourth-order valence-corrected chi connectivity index (χ4v) is 5.54. The van der Waals surface area contributed by atoms with Crippen LogP contribution in [0.15, 0.2) is 0 Å². The van der Waals surface area contributed by atoms with E-state index in [-0.39, 0.29) is 19.4 Å². The topological polar surface area (TPSA) is 186 Å². The van der Waals surface area contributed by atoms with Gasteiger partial charge in [0.15, 0.2) is 12.4 Å². The molecule has 13 heteroatoms. The number of carbonyl (C=O) groups excluding carboxylic acids is 2. The highest BCUT2D eigenvalue weighted by Crippen LogP contribution is 2.23. The van der Waals surface area contributed by atoms with E-state index in [1.807, 2.05) is 0 Å². The zero-order chi connectivity index (χ0) is 32.1. The minimum atomic E-state index is -4.58. The summed E-state index contributed by atoms with van der Waals surface area (Å²) in [6.45, 7) is 3.61. The Bertz CT molecular complexity index is 852. The van der Waals surface area contributed by atoms with Gasteiger partial charge in [0.25, 0.3) is 10.1 Å². The molecule has 0 unspecified atom stereocenters. The van der Waals surface area contributed by atoms with E-state index in [1.54, 1.807) is 0 Å². The van der Waals surface area contributed by atoms with Crippen molar-refractivity contribution >= 4 is 22.1 Å². The SMILES string of the molecule is CCCCCCCCCCC(=O)OC[C@H](CO[C@@H]1O[C@H](CS(=O)(=O)O)[C@@H](O)[C@H](O)[C@H]1O)OC(=O)CCCCCCCCC. The third-order valence-corrected chi connectivity index (χ3v) is 8.19. The Morgan fingerprint density at radius 1 is 0.698 bits per heavy atom. The zero-order valence-electron chi connectivity index (χ0n) is 26.1. The summed E-state index contributed by atoms with van der Waals surface area (Å²) in [6, 6.07) is 0. The minimum absolute atomic E-state index is 0.167. The predicted molar refractivity (Wildman–Crippen MR) is 160 cm³/mol. The van der Waals surface area contributed by atoms with Crippen LogP contribution in [-0.2, 0) is 38.7 Å². The van der Waals surface area contributed by atoms with Crippen LogP contribution in [0, 0.1) is 0 Å². The standard InChI is InChI=1S/C30H56O12S/c1-3-5-7-9-11-13-14-16-18-25(31)39-20-23(41-26(32)19-17-15-12-10-8-6-4-2)21-40-30-29(35)28(34)27(33)24(42-30)22-43(36,37)38/h23-24,27-30,33-35H,3-22H2,1-2H3,(H,36,37,38)/t23-,24-,27-,28+,29-,30-/m1/s1. The van der Waals surface area contributed by atoms with Crippen molar-refractivity contribution in [3.8, 4) is 0 Å². The smallest absolute Gasteiger partial charge is 0.306 e. The average molecular weight is 641 g/mol. The van der Waals surface area contributed by atoms with Crippen LogP contribution in [-0.4, -0.2) is 96.0 Å². The quantitative estimate of drug-likeness (QED) is 0.0643. The van der Waals surface area contributed by atoms with Crippen molar-refractivity contribution in [2.75, 3.05) is 19.0 Å². The number of hydrogen-bond acceptors (Lipinski definition) is 11. The van der Waals surface area contributed by atoms with E-state index in [0.29, 0.717) is 12.8 Å². The Labute approximate surface area is 257 Å². The molecule has 1 aliphatic heterocycles. The van der Waals surface area contributed by atoms with Gasteiger partial charge in [0.1, 0.15) is 36.8 Å². The maximum absolute atomic E-state index is 12.5. The number of ether oxygens (including phenoxy) is 4. The first-order valence-electron chi connectivity index (χ1n) is 16.1. The minimum Gasteiger partial charge on any atom is -0.462 e. The van der Waals surface area contributed by atoms with Crippen LogP contribution < -0.4 is 0 Å². The van der Waals surface area contributed by atoms with Gasteiger partial charge in [-0.25, -0.2) is 0 Å².